The number of aryl methyl sites for hydroxylation is 1. The van der Waals surface area contributed by atoms with Crippen molar-refractivity contribution < 1.29 is 4.79 Å². The van der Waals surface area contributed by atoms with E-state index in [4.69, 9.17) is 5.73 Å². The molecule has 3 unspecified atom stereocenters. The molecule has 0 aromatic carbocycles. The molecule has 184 valence electrons. The van der Waals surface area contributed by atoms with Gasteiger partial charge in [0, 0.05) is 23.2 Å². The van der Waals surface area contributed by atoms with Crippen LogP contribution in [0.15, 0.2) is 24.7 Å². The van der Waals surface area contributed by atoms with E-state index in [9.17, 15) is 4.79 Å². The van der Waals surface area contributed by atoms with Crippen molar-refractivity contribution in [1.29, 1.82) is 0 Å². The monoisotopic (exact) mass is 490 g/mol. The Balaban J connectivity index is 1.28. The summed E-state index contributed by atoms with van der Waals surface area (Å²) in [6, 6.07) is 4.64. The highest BCUT2D eigenvalue weighted by molar-refractivity contribution is 7.19. The zero-order chi connectivity index (χ0) is 24.3. The lowest BCUT2D eigenvalue weighted by atomic mass is 9.70. The predicted octanol–water partition coefficient (Wildman–Crippen LogP) is 5.06. The van der Waals surface area contributed by atoms with E-state index < -0.39 is 0 Å². The molecule has 4 aromatic heterocycles. The fourth-order valence-electron chi connectivity index (χ4n) is 6.54. The molecule has 4 aromatic rings. The van der Waals surface area contributed by atoms with Crippen molar-refractivity contribution in [3.8, 4) is 11.3 Å². The van der Waals surface area contributed by atoms with Crippen LogP contribution in [-0.4, -0.2) is 50.0 Å². The fourth-order valence-corrected chi connectivity index (χ4v) is 8.00. The number of hydrogen-bond donors (Lipinski definition) is 2. The Morgan fingerprint density at radius 2 is 2.11 bits per heavy atom. The van der Waals surface area contributed by atoms with E-state index in [0.29, 0.717) is 24.3 Å². The third-order valence-electron chi connectivity index (χ3n) is 8.18. The molecule has 0 bridgehead atoms. The highest BCUT2D eigenvalue weighted by Gasteiger charge is 2.36. The van der Waals surface area contributed by atoms with Crippen LogP contribution in [0.25, 0.3) is 27.1 Å². The second-order valence-corrected chi connectivity index (χ2v) is 12.0. The molecule has 5 heterocycles. The molecule has 35 heavy (non-hydrogen) atoms. The number of thiophene rings is 1. The molecule has 3 atom stereocenters. The maximum Gasteiger partial charge on any atom is 0.231 e. The quantitative estimate of drug-likeness (QED) is 0.409. The van der Waals surface area contributed by atoms with E-state index in [2.05, 4.69) is 59.1 Å². The van der Waals surface area contributed by atoms with Crippen LogP contribution < -0.4 is 5.73 Å². The van der Waals surface area contributed by atoms with E-state index >= 15 is 0 Å². The number of nitrogens with one attached hydrogen (secondary N) is 1. The number of nitrogens with two attached hydrogens (primary N) is 1. The number of amides is 1. The predicted molar refractivity (Wildman–Crippen MR) is 141 cm³/mol. The van der Waals surface area contributed by atoms with Gasteiger partial charge in [0.05, 0.1) is 22.5 Å². The van der Waals surface area contributed by atoms with Crippen LogP contribution in [0.1, 0.15) is 67.4 Å². The summed E-state index contributed by atoms with van der Waals surface area (Å²) >= 11 is 1.99. The van der Waals surface area contributed by atoms with Crippen molar-refractivity contribution in [3.05, 3.63) is 40.7 Å². The molecule has 1 saturated carbocycles. The maximum atomic E-state index is 11.3. The minimum Gasteiger partial charge on any atom is -0.369 e. The first-order valence-corrected chi connectivity index (χ1v) is 13.6. The molecule has 0 radical (unpaired) electrons. The summed E-state index contributed by atoms with van der Waals surface area (Å²) in [7, 11) is 0. The van der Waals surface area contributed by atoms with Gasteiger partial charge in [0.25, 0.3) is 0 Å². The Morgan fingerprint density at radius 1 is 1.26 bits per heavy atom. The summed E-state index contributed by atoms with van der Waals surface area (Å²) in [5.41, 5.74) is 12.5. The van der Waals surface area contributed by atoms with Crippen molar-refractivity contribution in [2.45, 2.75) is 58.3 Å². The van der Waals surface area contributed by atoms with E-state index in [0.717, 1.165) is 35.8 Å². The molecule has 1 aliphatic carbocycles. The highest BCUT2D eigenvalue weighted by atomic mass is 32.1. The standard InChI is InChI=1S/C27H34N6OS/c1-15(2)24-25(20-8-16(3)27-29-14-30-33(27)12-20)31-21-10-22(35-26(21)24)18-4-5-19-11-32(13-23(28)34)7-6-17(19)9-18/h8,10,12,14-15,17-19,31H,4-7,9,11,13H2,1-3H3,(H2,28,34). The van der Waals surface area contributed by atoms with Crippen LogP contribution in [0.3, 0.4) is 0 Å². The zero-order valence-corrected chi connectivity index (χ0v) is 21.6. The van der Waals surface area contributed by atoms with Gasteiger partial charge in [-0.25, -0.2) is 9.50 Å². The van der Waals surface area contributed by atoms with Crippen molar-refractivity contribution in [1.82, 2.24) is 24.5 Å². The summed E-state index contributed by atoms with van der Waals surface area (Å²) in [6.45, 7) is 9.11. The average molecular weight is 491 g/mol. The van der Waals surface area contributed by atoms with Gasteiger partial charge in [-0.3, -0.25) is 9.69 Å². The summed E-state index contributed by atoms with van der Waals surface area (Å²) in [6.07, 6.45) is 8.64. The van der Waals surface area contributed by atoms with Crippen LogP contribution in [-0.2, 0) is 4.79 Å². The smallest absolute Gasteiger partial charge is 0.231 e. The van der Waals surface area contributed by atoms with Crippen LogP contribution in [0, 0.1) is 18.8 Å². The van der Waals surface area contributed by atoms with Gasteiger partial charge in [0.1, 0.15) is 6.33 Å². The van der Waals surface area contributed by atoms with Crippen molar-refractivity contribution in [2.75, 3.05) is 19.6 Å². The lowest BCUT2D eigenvalue weighted by Gasteiger charge is -2.43. The molecule has 0 spiro atoms. The summed E-state index contributed by atoms with van der Waals surface area (Å²) in [5, 5.41) is 4.38. The Labute approximate surface area is 209 Å². The summed E-state index contributed by atoms with van der Waals surface area (Å²) in [5.74, 6) is 2.32. The third kappa shape index (κ3) is 4.06. The number of pyridine rings is 1. The number of aromatic amines is 1. The third-order valence-corrected chi connectivity index (χ3v) is 9.51. The molecule has 6 rings (SSSR count). The average Bonchev–Trinajstić information content (AvgIpc) is 3.52. The van der Waals surface area contributed by atoms with E-state index in [1.165, 1.54) is 52.0 Å². The Morgan fingerprint density at radius 3 is 2.91 bits per heavy atom. The molecule has 3 N–H and O–H groups in total. The Kier molecular flexibility index (Phi) is 5.68. The molecule has 8 heteroatoms. The van der Waals surface area contributed by atoms with Crippen molar-refractivity contribution in [2.24, 2.45) is 17.6 Å². The fraction of sp³-hybridized carbons (Fsp3) is 0.519. The largest absolute Gasteiger partial charge is 0.369 e. The molecular weight excluding hydrogens is 456 g/mol. The molecule has 1 saturated heterocycles. The van der Waals surface area contributed by atoms with Gasteiger partial charge >= 0.3 is 0 Å². The summed E-state index contributed by atoms with van der Waals surface area (Å²) < 4.78 is 3.28. The van der Waals surface area contributed by atoms with E-state index in [1.807, 2.05) is 15.9 Å². The second-order valence-electron chi connectivity index (χ2n) is 10.9. The van der Waals surface area contributed by atoms with Crippen LogP contribution in [0.5, 0.6) is 0 Å². The van der Waals surface area contributed by atoms with Gasteiger partial charge in [-0.05, 0) is 86.1 Å². The Bertz CT molecular complexity index is 1400. The van der Waals surface area contributed by atoms with Crippen LogP contribution >= 0.6 is 11.3 Å². The number of H-pyrrole nitrogens is 1. The lowest BCUT2D eigenvalue weighted by molar-refractivity contribution is -0.119. The molecule has 2 aliphatic rings. The summed E-state index contributed by atoms with van der Waals surface area (Å²) in [4.78, 5) is 23.3. The topological polar surface area (TPSA) is 92.3 Å². The number of primary amides is 1. The van der Waals surface area contributed by atoms with Gasteiger partial charge in [0.2, 0.25) is 5.91 Å². The number of hydrogen-bond acceptors (Lipinski definition) is 5. The molecule has 7 nitrogen and oxygen atoms in total. The minimum atomic E-state index is -0.206. The molecule has 1 aliphatic heterocycles. The molecular formula is C27H34N6OS. The zero-order valence-electron chi connectivity index (χ0n) is 20.8. The highest BCUT2D eigenvalue weighted by Crippen LogP contribution is 2.48. The Hall–Kier alpha value is -2.71. The first kappa shape index (κ1) is 22.7. The van der Waals surface area contributed by atoms with Gasteiger partial charge < -0.3 is 10.7 Å². The van der Waals surface area contributed by atoms with Crippen LogP contribution in [0.4, 0.5) is 0 Å². The number of carbonyl (C=O) groups is 1. The number of rotatable bonds is 5. The second kappa shape index (κ2) is 8.75. The van der Waals surface area contributed by atoms with E-state index in [1.54, 1.807) is 6.33 Å². The lowest BCUT2D eigenvalue weighted by Crippen LogP contribution is -2.45. The maximum absolute atomic E-state index is 11.3. The SMILES string of the molecule is Cc1cc(-c2[nH]c3cc(C4CCC5CN(CC(N)=O)CCC5C4)sc3c2C(C)C)cn2ncnc12. The normalized spacial score (nSPS) is 23.4. The first-order valence-electron chi connectivity index (χ1n) is 12.8. The first-order chi connectivity index (χ1) is 16.9. The number of aromatic nitrogens is 4. The van der Waals surface area contributed by atoms with Gasteiger partial charge in [0.15, 0.2) is 5.65 Å². The van der Waals surface area contributed by atoms with Crippen molar-refractivity contribution in [3.63, 3.8) is 0 Å². The van der Waals surface area contributed by atoms with Gasteiger partial charge in [-0.15, -0.1) is 11.3 Å². The van der Waals surface area contributed by atoms with Crippen LogP contribution in [0.2, 0.25) is 0 Å². The number of likely N-dealkylation sites (tertiary alicyclic amines) is 1. The van der Waals surface area contributed by atoms with Gasteiger partial charge in [-0.1, -0.05) is 13.8 Å². The number of fused-ring (bicyclic) bond motifs is 3. The number of carbonyl (C=O) groups excluding carboxylic acids is 1. The number of piperidine rings is 1. The molecule has 2 fully saturated rings. The molecule has 1 amide bonds. The minimum absolute atomic E-state index is 0.206. The van der Waals surface area contributed by atoms with Gasteiger partial charge in [-0.2, -0.15) is 5.10 Å². The number of nitrogens with zero attached hydrogens (tertiary/aromatic N) is 4. The van der Waals surface area contributed by atoms with E-state index in [-0.39, 0.29) is 5.91 Å². The van der Waals surface area contributed by atoms with Crippen molar-refractivity contribution >= 4 is 33.1 Å².